The first kappa shape index (κ1) is 10.2. The molecule has 2 heteroatoms. The Bertz CT molecular complexity index is 273. The largest absolute Gasteiger partial charge is 0.376 e. The van der Waals surface area contributed by atoms with E-state index in [9.17, 15) is 0 Å². The van der Waals surface area contributed by atoms with E-state index in [0.29, 0.717) is 0 Å². The standard InChI is InChI=1S/C12H15BrO/c13-7-11-6-12(11)9-14-8-10-4-2-1-3-5-10/h1-5,11-12H,6-9H2. The molecule has 1 aliphatic carbocycles. The van der Waals surface area contributed by atoms with Crippen LogP contribution in [0.5, 0.6) is 0 Å². The van der Waals surface area contributed by atoms with Crippen molar-refractivity contribution < 1.29 is 4.74 Å². The van der Waals surface area contributed by atoms with Gasteiger partial charge in [-0.05, 0) is 23.8 Å². The van der Waals surface area contributed by atoms with Crippen LogP contribution >= 0.6 is 15.9 Å². The van der Waals surface area contributed by atoms with Crippen molar-refractivity contribution in [3.05, 3.63) is 35.9 Å². The second-order valence-electron chi connectivity index (χ2n) is 3.91. The molecule has 0 N–H and O–H groups in total. The van der Waals surface area contributed by atoms with Crippen LogP contribution < -0.4 is 0 Å². The Kier molecular flexibility index (Phi) is 3.60. The van der Waals surface area contributed by atoms with Crippen molar-refractivity contribution in [3.63, 3.8) is 0 Å². The van der Waals surface area contributed by atoms with Crippen LogP contribution in [0, 0.1) is 11.8 Å². The van der Waals surface area contributed by atoms with Crippen molar-refractivity contribution in [2.24, 2.45) is 11.8 Å². The van der Waals surface area contributed by atoms with Crippen LogP contribution in [-0.4, -0.2) is 11.9 Å². The molecule has 76 valence electrons. The quantitative estimate of drug-likeness (QED) is 0.734. The molecule has 0 aliphatic heterocycles. The molecular formula is C12H15BrO. The molecule has 1 saturated carbocycles. The van der Waals surface area contributed by atoms with Gasteiger partial charge >= 0.3 is 0 Å². The van der Waals surface area contributed by atoms with Crippen LogP contribution in [0.4, 0.5) is 0 Å². The molecule has 0 heterocycles. The molecule has 2 atom stereocenters. The van der Waals surface area contributed by atoms with Gasteiger partial charge in [-0.2, -0.15) is 0 Å². The molecule has 0 radical (unpaired) electrons. The maximum atomic E-state index is 5.65. The van der Waals surface area contributed by atoms with E-state index in [-0.39, 0.29) is 0 Å². The number of hydrogen-bond acceptors (Lipinski definition) is 1. The van der Waals surface area contributed by atoms with Gasteiger partial charge in [0.2, 0.25) is 0 Å². The summed E-state index contributed by atoms with van der Waals surface area (Å²) in [5.41, 5.74) is 1.27. The Balaban J connectivity index is 1.64. The second-order valence-corrected chi connectivity index (χ2v) is 4.56. The molecule has 0 bridgehead atoms. The summed E-state index contributed by atoms with van der Waals surface area (Å²) in [4.78, 5) is 0. The summed E-state index contributed by atoms with van der Waals surface area (Å²) < 4.78 is 5.65. The number of benzene rings is 1. The molecule has 1 aromatic rings. The van der Waals surface area contributed by atoms with E-state index >= 15 is 0 Å². The Labute approximate surface area is 93.6 Å². The van der Waals surface area contributed by atoms with E-state index in [0.717, 1.165) is 30.4 Å². The number of hydrogen-bond donors (Lipinski definition) is 0. The molecule has 0 amide bonds. The minimum atomic E-state index is 0.756. The SMILES string of the molecule is BrCC1CC1COCc1ccccc1. The van der Waals surface area contributed by atoms with E-state index in [4.69, 9.17) is 4.74 Å². The van der Waals surface area contributed by atoms with Crippen LogP contribution in [0.3, 0.4) is 0 Å². The summed E-state index contributed by atoms with van der Waals surface area (Å²) in [6.45, 7) is 1.68. The predicted molar refractivity (Wildman–Crippen MR) is 61.5 cm³/mol. The fourth-order valence-corrected chi connectivity index (χ4v) is 2.40. The molecule has 1 nitrogen and oxygen atoms in total. The van der Waals surface area contributed by atoms with Gasteiger partial charge in [-0.1, -0.05) is 46.3 Å². The van der Waals surface area contributed by atoms with E-state index in [1.165, 1.54) is 12.0 Å². The van der Waals surface area contributed by atoms with Crippen LogP contribution in [0.1, 0.15) is 12.0 Å². The normalized spacial score (nSPS) is 24.9. The number of alkyl halides is 1. The molecule has 0 spiro atoms. The van der Waals surface area contributed by atoms with Gasteiger partial charge in [-0.3, -0.25) is 0 Å². The third-order valence-corrected chi connectivity index (χ3v) is 3.54. The van der Waals surface area contributed by atoms with Gasteiger partial charge in [0.1, 0.15) is 0 Å². The maximum Gasteiger partial charge on any atom is 0.0717 e. The van der Waals surface area contributed by atoms with Gasteiger partial charge in [-0.25, -0.2) is 0 Å². The lowest BCUT2D eigenvalue weighted by molar-refractivity contribution is 0.108. The Hall–Kier alpha value is -0.340. The second kappa shape index (κ2) is 4.94. The third kappa shape index (κ3) is 2.82. The van der Waals surface area contributed by atoms with Crippen LogP contribution in [0.15, 0.2) is 30.3 Å². The smallest absolute Gasteiger partial charge is 0.0717 e. The summed E-state index contributed by atoms with van der Waals surface area (Å²) in [7, 11) is 0. The molecule has 2 rings (SSSR count). The Morgan fingerprint density at radius 3 is 2.64 bits per heavy atom. The average molecular weight is 255 g/mol. The van der Waals surface area contributed by atoms with Crippen molar-refractivity contribution in [1.82, 2.24) is 0 Å². The first-order valence-corrected chi connectivity index (χ1v) is 6.20. The fraction of sp³-hybridized carbons (Fsp3) is 0.500. The molecule has 1 aromatic carbocycles. The highest BCUT2D eigenvalue weighted by atomic mass is 79.9. The zero-order chi connectivity index (χ0) is 9.80. The average Bonchev–Trinajstić information content (AvgIpc) is 2.98. The van der Waals surface area contributed by atoms with E-state index in [2.05, 4.69) is 40.2 Å². The summed E-state index contributed by atoms with van der Waals surface area (Å²) in [5, 5.41) is 1.13. The fourth-order valence-electron chi connectivity index (χ4n) is 1.61. The monoisotopic (exact) mass is 254 g/mol. The summed E-state index contributed by atoms with van der Waals surface area (Å²) in [5.74, 6) is 1.67. The first-order valence-electron chi connectivity index (χ1n) is 5.08. The maximum absolute atomic E-state index is 5.65. The van der Waals surface area contributed by atoms with Crippen molar-refractivity contribution in [2.75, 3.05) is 11.9 Å². The van der Waals surface area contributed by atoms with Gasteiger partial charge in [0.25, 0.3) is 0 Å². The minimum absolute atomic E-state index is 0.756. The van der Waals surface area contributed by atoms with Gasteiger partial charge in [-0.15, -0.1) is 0 Å². The number of halogens is 1. The zero-order valence-electron chi connectivity index (χ0n) is 8.16. The van der Waals surface area contributed by atoms with Crippen molar-refractivity contribution >= 4 is 15.9 Å². The molecule has 0 aromatic heterocycles. The van der Waals surface area contributed by atoms with Crippen molar-refractivity contribution in [2.45, 2.75) is 13.0 Å². The molecule has 2 unspecified atom stereocenters. The van der Waals surface area contributed by atoms with Gasteiger partial charge in [0.15, 0.2) is 0 Å². The van der Waals surface area contributed by atoms with Gasteiger partial charge in [0, 0.05) is 5.33 Å². The topological polar surface area (TPSA) is 9.23 Å². The number of ether oxygens (including phenoxy) is 1. The van der Waals surface area contributed by atoms with Gasteiger partial charge < -0.3 is 4.74 Å². The molecule has 1 fully saturated rings. The Morgan fingerprint density at radius 2 is 2.00 bits per heavy atom. The zero-order valence-corrected chi connectivity index (χ0v) is 9.74. The van der Waals surface area contributed by atoms with Crippen molar-refractivity contribution in [3.8, 4) is 0 Å². The lowest BCUT2D eigenvalue weighted by atomic mass is 10.2. The van der Waals surface area contributed by atoms with Crippen LogP contribution in [-0.2, 0) is 11.3 Å². The summed E-state index contributed by atoms with van der Waals surface area (Å²) in [6, 6.07) is 10.4. The summed E-state index contributed by atoms with van der Waals surface area (Å²) in [6.07, 6.45) is 1.33. The third-order valence-electron chi connectivity index (χ3n) is 2.71. The molecule has 0 saturated heterocycles. The van der Waals surface area contributed by atoms with E-state index in [1.54, 1.807) is 0 Å². The first-order chi connectivity index (χ1) is 6.90. The van der Waals surface area contributed by atoms with Crippen LogP contribution in [0.25, 0.3) is 0 Å². The molecular weight excluding hydrogens is 240 g/mol. The van der Waals surface area contributed by atoms with E-state index in [1.807, 2.05) is 6.07 Å². The van der Waals surface area contributed by atoms with Crippen molar-refractivity contribution in [1.29, 1.82) is 0 Å². The highest BCUT2D eigenvalue weighted by Gasteiger charge is 2.35. The minimum Gasteiger partial charge on any atom is -0.376 e. The van der Waals surface area contributed by atoms with Crippen LogP contribution in [0.2, 0.25) is 0 Å². The number of rotatable bonds is 5. The van der Waals surface area contributed by atoms with Gasteiger partial charge in [0.05, 0.1) is 13.2 Å². The predicted octanol–water partition coefficient (Wildman–Crippen LogP) is 3.23. The highest BCUT2D eigenvalue weighted by Crippen LogP contribution is 2.39. The lowest BCUT2D eigenvalue weighted by Gasteiger charge is -2.02. The summed E-state index contributed by atoms with van der Waals surface area (Å²) >= 11 is 3.50. The highest BCUT2D eigenvalue weighted by molar-refractivity contribution is 9.09. The van der Waals surface area contributed by atoms with E-state index < -0.39 is 0 Å². The lowest BCUT2D eigenvalue weighted by Crippen LogP contribution is -1.99. The molecule has 1 aliphatic rings. The molecule has 14 heavy (non-hydrogen) atoms. The Morgan fingerprint density at radius 1 is 1.21 bits per heavy atom.